The first kappa shape index (κ1) is 14.7. The number of carbonyl (C=O) groups excluding carboxylic acids is 1. The molecule has 20 heavy (non-hydrogen) atoms. The summed E-state index contributed by atoms with van der Waals surface area (Å²) in [6.07, 6.45) is 0.914. The quantitative estimate of drug-likeness (QED) is 0.846. The van der Waals surface area contributed by atoms with Crippen molar-refractivity contribution in [2.24, 2.45) is 5.92 Å². The van der Waals surface area contributed by atoms with Gasteiger partial charge in [0.2, 0.25) is 5.91 Å². The van der Waals surface area contributed by atoms with Crippen molar-refractivity contribution in [3.8, 4) is 5.75 Å². The fourth-order valence-electron chi connectivity index (χ4n) is 2.46. The number of amides is 1. The molecule has 1 saturated heterocycles. The molecule has 1 aromatic carbocycles. The zero-order valence-electron chi connectivity index (χ0n) is 12.6. The van der Waals surface area contributed by atoms with Gasteiger partial charge in [-0.05, 0) is 30.7 Å². The third-order valence-corrected chi connectivity index (χ3v) is 4.06. The van der Waals surface area contributed by atoms with E-state index in [4.69, 9.17) is 4.74 Å². The van der Waals surface area contributed by atoms with Gasteiger partial charge in [-0.2, -0.15) is 0 Å². The number of ether oxygens (including phenoxy) is 1. The largest absolute Gasteiger partial charge is 0.497 e. The molecule has 1 aliphatic heterocycles. The fourth-order valence-corrected chi connectivity index (χ4v) is 2.46. The predicted molar refractivity (Wildman–Crippen MR) is 81.2 cm³/mol. The number of benzene rings is 1. The van der Waals surface area contributed by atoms with E-state index in [0.717, 1.165) is 38.3 Å². The first-order valence-corrected chi connectivity index (χ1v) is 7.33. The van der Waals surface area contributed by atoms with Crippen molar-refractivity contribution in [2.75, 3.05) is 38.2 Å². The van der Waals surface area contributed by atoms with Gasteiger partial charge in [0.05, 0.1) is 7.11 Å². The standard InChI is InChI=1S/C16H24N2O2/c1-4-13(2)16(19)18-11-9-17(10-12-18)14-5-7-15(20-3)8-6-14/h5-8,13H,4,9-12H2,1-3H3/t13-/m0/s1. The molecular formula is C16H24N2O2. The molecule has 4 nitrogen and oxygen atoms in total. The average Bonchev–Trinajstić information content (AvgIpc) is 2.53. The highest BCUT2D eigenvalue weighted by molar-refractivity contribution is 5.78. The molecule has 0 radical (unpaired) electrons. The highest BCUT2D eigenvalue weighted by atomic mass is 16.5. The first-order valence-electron chi connectivity index (χ1n) is 7.33. The Bertz CT molecular complexity index is 436. The van der Waals surface area contributed by atoms with Crippen LogP contribution in [0.15, 0.2) is 24.3 Å². The van der Waals surface area contributed by atoms with Crippen LogP contribution in [0.4, 0.5) is 5.69 Å². The minimum atomic E-state index is 0.141. The van der Waals surface area contributed by atoms with Crippen molar-refractivity contribution in [3.05, 3.63) is 24.3 Å². The maximum absolute atomic E-state index is 12.1. The number of anilines is 1. The van der Waals surface area contributed by atoms with Gasteiger partial charge < -0.3 is 14.5 Å². The minimum absolute atomic E-state index is 0.141. The Morgan fingerprint density at radius 2 is 1.80 bits per heavy atom. The van der Waals surface area contributed by atoms with Gasteiger partial charge in [0.25, 0.3) is 0 Å². The monoisotopic (exact) mass is 276 g/mol. The molecule has 0 spiro atoms. The third kappa shape index (κ3) is 3.24. The van der Waals surface area contributed by atoms with E-state index >= 15 is 0 Å². The van der Waals surface area contributed by atoms with Gasteiger partial charge in [-0.25, -0.2) is 0 Å². The zero-order chi connectivity index (χ0) is 14.5. The summed E-state index contributed by atoms with van der Waals surface area (Å²) in [6.45, 7) is 7.50. The van der Waals surface area contributed by atoms with Gasteiger partial charge in [0, 0.05) is 37.8 Å². The van der Waals surface area contributed by atoms with Crippen LogP contribution in [0.5, 0.6) is 5.75 Å². The Hall–Kier alpha value is -1.71. The first-order chi connectivity index (χ1) is 9.65. The second kappa shape index (κ2) is 6.64. The fraction of sp³-hybridized carbons (Fsp3) is 0.562. The molecule has 110 valence electrons. The number of carbonyl (C=O) groups is 1. The molecule has 0 aromatic heterocycles. The van der Waals surface area contributed by atoms with Gasteiger partial charge in [0.15, 0.2) is 0 Å². The maximum Gasteiger partial charge on any atom is 0.225 e. The van der Waals surface area contributed by atoms with E-state index in [-0.39, 0.29) is 5.92 Å². The second-order valence-corrected chi connectivity index (χ2v) is 5.32. The van der Waals surface area contributed by atoms with Crippen molar-refractivity contribution < 1.29 is 9.53 Å². The van der Waals surface area contributed by atoms with Crippen LogP contribution in [0.1, 0.15) is 20.3 Å². The molecule has 1 aromatic rings. The van der Waals surface area contributed by atoms with Crippen LogP contribution in [-0.4, -0.2) is 44.1 Å². The molecule has 2 rings (SSSR count). The summed E-state index contributed by atoms with van der Waals surface area (Å²) in [4.78, 5) is 16.5. The molecule has 0 unspecified atom stereocenters. The molecule has 0 N–H and O–H groups in total. The Balaban J connectivity index is 1.92. The number of hydrogen-bond acceptors (Lipinski definition) is 3. The zero-order valence-corrected chi connectivity index (χ0v) is 12.6. The normalized spacial score (nSPS) is 16.9. The molecule has 0 saturated carbocycles. The predicted octanol–water partition coefficient (Wildman–Crippen LogP) is 2.39. The maximum atomic E-state index is 12.1. The van der Waals surface area contributed by atoms with Crippen LogP contribution >= 0.6 is 0 Å². The summed E-state index contributed by atoms with van der Waals surface area (Å²) in [5.74, 6) is 1.31. The lowest BCUT2D eigenvalue weighted by molar-refractivity contribution is -0.135. The number of piperazine rings is 1. The van der Waals surface area contributed by atoms with E-state index in [1.54, 1.807) is 7.11 Å². The van der Waals surface area contributed by atoms with Gasteiger partial charge in [-0.3, -0.25) is 4.79 Å². The van der Waals surface area contributed by atoms with Crippen molar-refractivity contribution >= 4 is 11.6 Å². The number of hydrogen-bond donors (Lipinski definition) is 0. The summed E-state index contributed by atoms with van der Waals surface area (Å²) in [7, 11) is 1.67. The summed E-state index contributed by atoms with van der Waals surface area (Å²) in [5, 5.41) is 0. The Labute approximate surface area is 121 Å². The van der Waals surface area contributed by atoms with E-state index < -0.39 is 0 Å². The van der Waals surface area contributed by atoms with Crippen molar-refractivity contribution in [1.29, 1.82) is 0 Å². The molecule has 1 amide bonds. The van der Waals surface area contributed by atoms with Gasteiger partial charge >= 0.3 is 0 Å². The summed E-state index contributed by atoms with van der Waals surface area (Å²) in [6, 6.07) is 8.11. The lowest BCUT2D eigenvalue weighted by atomic mass is 10.1. The molecule has 0 aliphatic carbocycles. The van der Waals surface area contributed by atoms with E-state index in [2.05, 4.69) is 24.0 Å². The topological polar surface area (TPSA) is 32.8 Å². The molecular weight excluding hydrogens is 252 g/mol. The third-order valence-electron chi connectivity index (χ3n) is 4.06. The minimum Gasteiger partial charge on any atom is -0.497 e. The van der Waals surface area contributed by atoms with Crippen LogP contribution < -0.4 is 9.64 Å². The summed E-state index contributed by atoms with van der Waals surface area (Å²) < 4.78 is 5.17. The molecule has 0 bridgehead atoms. The van der Waals surface area contributed by atoms with Crippen molar-refractivity contribution in [1.82, 2.24) is 4.90 Å². The SMILES string of the molecule is CC[C@H](C)C(=O)N1CCN(c2ccc(OC)cc2)CC1. The Morgan fingerprint density at radius 3 is 2.30 bits per heavy atom. The molecule has 1 atom stereocenters. The van der Waals surface area contributed by atoms with E-state index in [0.29, 0.717) is 5.91 Å². The van der Waals surface area contributed by atoms with Crippen LogP contribution in [0.2, 0.25) is 0 Å². The smallest absolute Gasteiger partial charge is 0.225 e. The summed E-state index contributed by atoms with van der Waals surface area (Å²) in [5.41, 5.74) is 1.20. The van der Waals surface area contributed by atoms with Crippen LogP contribution in [-0.2, 0) is 4.79 Å². The number of methoxy groups -OCH3 is 1. The highest BCUT2D eigenvalue weighted by Crippen LogP contribution is 2.21. The van der Waals surface area contributed by atoms with Gasteiger partial charge in [0.1, 0.15) is 5.75 Å². The lowest BCUT2D eigenvalue weighted by Crippen LogP contribution is -2.50. The Morgan fingerprint density at radius 1 is 1.20 bits per heavy atom. The second-order valence-electron chi connectivity index (χ2n) is 5.32. The Kier molecular flexibility index (Phi) is 4.88. The van der Waals surface area contributed by atoms with Crippen LogP contribution in [0.25, 0.3) is 0 Å². The number of nitrogens with zero attached hydrogens (tertiary/aromatic N) is 2. The van der Waals surface area contributed by atoms with Crippen molar-refractivity contribution in [3.63, 3.8) is 0 Å². The van der Waals surface area contributed by atoms with Gasteiger partial charge in [-0.15, -0.1) is 0 Å². The van der Waals surface area contributed by atoms with Crippen LogP contribution in [0, 0.1) is 5.92 Å². The van der Waals surface area contributed by atoms with E-state index in [1.807, 2.05) is 24.0 Å². The molecule has 1 aliphatic rings. The van der Waals surface area contributed by atoms with Crippen LogP contribution in [0.3, 0.4) is 0 Å². The van der Waals surface area contributed by atoms with Crippen molar-refractivity contribution in [2.45, 2.75) is 20.3 Å². The molecule has 1 heterocycles. The average molecular weight is 276 g/mol. The van der Waals surface area contributed by atoms with E-state index in [1.165, 1.54) is 5.69 Å². The molecule has 1 fully saturated rings. The lowest BCUT2D eigenvalue weighted by Gasteiger charge is -2.37. The highest BCUT2D eigenvalue weighted by Gasteiger charge is 2.23. The molecule has 4 heteroatoms. The number of rotatable bonds is 4. The van der Waals surface area contributed by atoms with Gasteiger partial charge in [-0.1, -0.05) is 13.8 Å². The van der Waals surface area contributed by atoms with E-state index in [9.17, 15) is 4.79 Å². The summed E-state index contributed by atoms with van der Waals surface area (Å²) >= 11 is 0.